The van der Waals surface area contributed by atoms with Crippen LogP contribution in [0.5, 0.6) is 0 Å². The fourth-order valence-electron chi connectivity index (χ4n) is 2.65. The van der Waals surface area contributed by atoms with E-state index < -0.39 is 18.2 Å². The average Bonchev–Trinajstić information content (AvgIpc) is 2.29. The highest BCUT2D eigenvalue weighted by Gasteiger charge is 2.45. The summed E-state index contributed by atoms with van der Waals surface area (Å²) in [5.41, 5.74) is 5.11. The number of hydrogen-bond acceptors (Lipinski definition) is 5. The second-order valence-electron chi connectivity index (χ2n) is 5.30. The Morgan fingerprint density at radius 2 is 2.11 bits per heavy atom. The maximum absolute atomic E-state index is 10.7. The van der Waals surface area contributed by atoms with E-state index in [2.05, 4.69) is 0 Å². The number of ether oxygens (including phenoxy) is 1. The van der Waals surface area contributed by atoms with Crippen LogP contribution in [0.25, 0.3) is 0 Å². The topological polar surface area (TPSA) is 92.8 Å². The molecule has 1 amide bonds. The Kier molecular flexibility index (Phi) is 5.17. The van der Waals surface area contributed by atoms with Gasteiger partial charge in [-0.15, -0.1) is 0 Å². The molecule has 0 spiro atoms. The van der Waals surface area contributed by atoms with Gasteiger partial charge < -0.3 is 20.7 Å². The van der Waals surface area contributed by atoms with Crippen LogP contribution in [0.2, 0.25) is 0 Å². The summed E-state index contributed by atoms with van der Waals surface area (Å²) in [6, 6.07) is -0.717. The van der Waals surface area contributed by atoms with Gasteiger partial charge in [0.2, 0.25) is 5.91 Å². The summed E-state index contributed by atoms with van der Waals surface area (Å²) < 4.78 is 5.55. The van der Waals surface area contributed by atoms with E-state index in [9.17, 15) is 15.0 Å². The van der Waals surface area contributed by atoms with E-state index in [0.717, 1.165) is 12.8 Å². The highest BCUT2D eigenvalue weighted by Crippen LogP contribution is 2.43. The number of carbonyl (C=O) groups is 1. The van der Waals surface area contributed by atoms with Crippen LogP contribution in [-0.4, -0.2) is 59.3 Å². The van der Waals surface area contributed by atoms with Crippen molar-refractivity contribution in [3.63, 3.8) is 0 Å². The normalized spacial score (nSPS) is 42.6. The zero-order valence-corrected chi connectivity index (χ0v) is 11.6. The summed E-state index contributed by atoms with van der Waals surface area (Å²) in [6.45, 7) is 0. The van der Waals surface area contributed by atoms with Crippen LogP contribution in [0.15, 0.2) is 0 Å². The molecule has 1 saturated carbocycles. The monoisotopic (exact) mass is 285 g/mol. The Morgan fingerprint density at radius 1 is 1.37 bits per heavy atom. The Hall–Kier alpha value is -0.235. The number of aliphatic hydroxyl groups excluding tert-OH is 2. The van der Waals surface area contributed by atoms with Gasteiger partial charge >= 0.3 is 0 Å². The zero-order chi connectivity index (χ0) is 14.0. The van der Waals surface area contributed by atoms with E-state index in [1.54, 1.807) is 11.8 Å². The van der Waals surface area contributed by atoms with Gasteiger partial charge in [0, 0.05) is 29.8 Å². The number of thioether (sulfide) groups is 1. The lowest BCUT2D eigenvalue weighted by atomic mass is 9.75. The van der Waals surface area contributed by atoms with Crippen molar-refractivity contribution in [2.75, 3.05) is 5.75 Å². The van der Waals surface area contributed by atoms with Crippen molar-refractivity contribution in [2.24, 2.45) is 11.7 Å². The third-order valence-corrected chi connectivity index (χ3v) is 5.37. The third kappa shape index (κ3) is 3.65. The largest absolute Gasteiger partial charge is 0.391 e. The van der Waals surface area contributed by atoms with Crippen LogP contribution in [0.3, 0.4) is 0 Å². The molecule has 0 aromatic carbocycles. The quantitative estimate of drug-likeness (QED) is 0.585. The van der Waals surface area contributed by atoms with Crippen molar-refractivity contribution in [1.82, 2.24) is 0 Å². The second-order valence-corrected chi connectivity index (χ2v) is 6.65. The summed E-state index contributed by atoms with van der Waals surface area (Å²) in [7, 11) is 5.68. The molecule has 6 atom stereocenters. The number of nitrogens with two attached hydrogens (primary N) is 1. The van der Waals surface area contributed by atoms with E-state index in [-0.39, 0.29) is 24.3 Å². The Labute approximate surface area is 118 Å². The van der Waals surface area contributed by atoms with E-state index in [4.69, 9.17) is 18.3 Å². The molecule has 4 unspecified atom stereocenters. The van der Waals surface area contributed by atoms with Crippen molar-refractivity contribution in [2.45, 2.75) is 55.2 Å². The molecule has 2 fully saturated rings. The first kappa shape index (κ1) is 15.2. The highest BCUT2D eigenvalue weighted by atomic mass is 32.2. The van der Waals surface area contributed by atoms with Crippen LogP contribution in [-0.2, 0) is 9.53 Å². The summed E-state index contributed by atoms with van der Waals surface area (Å²) in [6.07, 6.45) is 0.906. The van der Waals surface area contributed by atoms with Gasteiger partial charge in [-0.3, -0.25) is 4.79 Å². The van der Waals surface area contributed by atoms with Gasteiger partial charge in [0.1, 0.15) is 7.85 Å². The lowest BCUT2D eigenvalue weighted by Gasteiger charge is -2.47. The molecule has 2 aliphatic rings. The number of rotatable bonds is 5. The Morgan fingerprint density at radius 3 is 2.68 bits per heavy atom. The predicted octanol–water partition coefficient (Wildman–Crippen LogP) is -0.621. The molecular weight excluding hydrogens is 265 g/mol. The van der Waals surface area contributed by atoms with Gasteiger partial charge in [0.25, 0.3) is 0 Å². The predicted molar refractivity (Wildman–Crippen MR) is 73.8 cm³/mol. The standard InChI is InChI=1S/C12H20BNO4S/c13-12-8(16)5-7(15)11(18-12)6-1-2-9(6)19-4-3-10(14)17/h6-9,11-12,15-16H,1-5H2,(H2,14,17)/t6?,7-,8?,9?,11?,12-/m0/s1. The lowest BCUT2D eigenvalue weighted by Crippen LogP contribution is -2.54. The first-order valence-corrected chi connectivity index (χ1v) is 7.71. The molecule has 106 valence electrons. The number of carbonyl (C=O) groups excluding carboxylic acids is 1. The second kappa shape index (κ2) is 6.48. The van der Waals surface area contributed by atoms with Crippen molar-refractivity contribution in [3.05, 3.63) is 0 Å². The average molecular weight is 285 g/mol. The van der Waals surface area contributed by atoms with E-state index in [1.807, 2.05) is 0 Å². The summed E-state index contributed by atoms with van der Waals surface area (Å²) in [5.74, 6) is 0.655. The fraction of sp³-hybridized carbons (Fsp3) is 0.917. The molecule has 0 aromatic rings. The molecule has 4 N–H and O–H groups in total. The van der Waals surface area contributed by atoms with E-state index >= 15 is 0 Å². The number of aliphatic hydroxyl groups is 2. The molecule has 2 radical (unpaired) electrons. The third-order valence-electron chi connectivity index (χ3n) is 3.92. The van der Waals surface area contributed by atoms with E-state index in [0.29, 0.717) is 17.4 Å². The molecule has 1 heterocycles. The van der Waals surface area contributed by atoms with Crippen LogP contribution >= 0.6 is 11.8 Å². The molecule has 7 heteroatoms. The first-order chi connectivity index (χ1) is 8.99. The van der Waals surface area contributed by atoms with Crippen LogP contribution in [0.4, 0.5) is 0 Å². The van der Waals surface area contributed by atoms with Gasteiger partial charge in [0.15, 0.2) is 0 Å². The van der Waals surface area contributed by atoms with Crippen LogP contribution in [0.1, 0.15) is 25.7 Å². The maximum Gasteiger partial charge on any atom is 0.218 e. The SMILES string of the molecule is [B][C@H]1OC(C2CCC2SCCC(N)=O)[C@@H](O)CC1O. The molecule has 1 aliphatic carbocycles. The van der Waals surface area contributed by atoms with Crippen molar-refractivity contribution >= 4 is 25.5 Å². The minimum absolute atomic E-state index is 0.242. The maximum atomic E-state index is 10.7. The molecular formula is C12H20BNO4S. The first-order valence-electron chi connectivity index (χ1n) is 6.66. The highest BCUT2D eigenvalue weighted by molar-refractivity contribution is 8.00. The Bertz CT molecular complexity index is 333. The van der Waals surface area contributed by atoms with E-state index in [1.165, 1.54) is 0 Å². The summed E-state index contributed by atoms with van der Waals surface area (Å²) >= 11 is 1.70. The number of amides is 1. The Balaban J connectivity index is 1.82. The number of hydrogen-bond donors (Lipinski definition) is 3. The fourth-order valence-corrected chi connectivity index (χ4v) is 4.12. The summed E-state index contributed by atoms with van der Waals surface area (Å²) in [4.78, 5) is 10.7. The smallest absolute Gasteiger partial charge is 0.218 e. The minimum Gasteiger partial charge on any atom is -0.391 e. The molecule has 1 saturated heterocycles. The molecule has 5 nitrogen and oxygen atoms in total. The molecule has 0 bridgehead atoms. The van der Waals surface area contributed by atoms with Gasteiger partial charge in [-0.05, 0) is 18.8 Å². The van der Waals surface area contributed by atoms with Crippen molar-refractivity contribution < 1.29 is 19.7 Å². The van der Waals surface area contributed by atoms with Gasteiger partial charge in [0.05, 0.1) is 18.3 Å². The van der Waals surface area contributed by atoms with Gasteiger partial charge in [-0.2, -0.15) is 11.8 Å². The van der Waals surface area contributed by atoms with Crippen molar-refractivity contribution in [3.8, 4) is 0 Å². The molecule has 19 heavy (non-hydrogen) atoms. The molecule has 0 aromatic heterocycles. The van der Waals surface area contributed by atoms with Crippen molar-refractivity contribution in [1.29, 1.82) is 0 Å². The minimum atomic E-state index is -0.799. The van der Waals surface area contributed by atoms with Crippen LogP contribution in [0, 0.1) is 5.92 Å². The molecule has 2 rings (SSSR count). The van der Waals surface area contributed by atoms with Gasteiger partial charge in [-0.1, -0.05) is 0 Å². The molecule has 1 aliphatic heterocycles. The van der Waals surface area contributed by atoms with Crippen LogP contribution < -0.4 is 5.73 Å². The summed E-state index contributed by atoms with van der Waals surface area (Å²) in [5, 5.41) is 19.9. The lowest BCUT2D eigenvalue weighted by molar-refractivity contribution is -0.167. The van der Waals surface area contributed by atoms with Gasteiger partial charge in [-0.25, -0.2) is 0 Å². The number of primary amides is 1. The zero-order valence-electron chi connectivity index (χ0n) is 10.8.